The SMILES string of the molecule is CCC(C)C(NC(=O)C(Cc1ccccc1)NC(=O)C(N)CCCCN)C(=O)O. The quantitative estimate of drug-likeness (QED) is 0.306. The van der Waals surface area contributed by atoms with Gasteiger partial charge in [0.2, 0.25) is 11.8 Å². The zero-order valence-electron chi connectivity index (χ0n) is 17.3. The summed E-state index contributed by atoms with van der Waals surface area (Å²) in [6.07, 6.45) is 2.78. The summed E-state index contributed by atoms with van der Waals surface area (Å²) in [7, 11) is 0. The number of hydrogen-bond donors (Lipinski definition) is 5. The van der Waals surface area contributed by atoms with Crippen LogP contribution in [-0.4, -0.2) is 47.6 Å². The number of unbranched alkanes of at least 4 members (excludes halogenated alkanes) is 1. The van der Waals surface area contributed by atoms with E-state index in [0.717, 1.165) is 18.4 Å². The molecule has 0 saturated carbocycles. The molecule has 1 aromatic rings. The van der Waals surface area contributed by atoms with Crippen LogP contribution in [0.3, 0.4) is 0 Å². The van der Waals surface area contributed by atoms with Crippen LogP contribution >= 0.6 is 0 Å². The number of benzene rings is 1. The summed E-state index contributed by atoms with van der Waals surface area (Å²) in [5, 5.41) is 14.7. The molecule has 1 aromatic carbocycles. The van der Waals surface area contributed by atoms with Crippen LogP contribution in [0.4, 0.5) is 0 Å². The topological polar surface area (TPSA) is 148 Å². The third-order valence-corrected chi connectivity index (χ3v) is 5.00. The molecule has 0 saturated heterocycles. The molecule has 162 valence electrons. The molecule has 0 radical (unpaired) electrons. The number of carbonyl (C=O) groups excluding carboxylic acids is 2. The van der Waals surface area contributed by atoms with Gasteiger partial charge in [0.15, 0.2) is 0 Å². The molecule has 0 spiro atoms. The van der Waals surface area contributed by atoms with Crippen molar-refractivity contribution in [1.82, 2.24) is 10.6 Å². The molecule has 8 nitrogen and oxygen atoms in total. The van der Waals surface area contributed by atoms with Crippen LogP contribution in [0.1, 0.15) is 45.1 Å². The fraction of sp³-hybridized carbons (Fsp3) is 0.571. The summed E-state index contributed by atoms with van der Waals surface area (Å²) in [4.78, 5) is 36.9. The van der Waals surface area contributed by atoms with E-state index in [1.165, 1.54) is 0 Å². The fourth-order valence-corrected chi connectivity index (χ4v) is 2.91. The lowest BCUT2D eigenvalue weighted by Crippen LogP contribution is -2.56. The van der Waals surface area contributed by atoms with E-state index in [4.69, 9.17) is 11.5 Å². The van der Waals surface area contributed by atoms with Crippen LogP contribution in [0.15, 0.2) is 30.3 Å². The molecule has 0 heterocycles. The molecule has 7 N–H and O–H groups in total. The number of aliphatic carboxylic acids is 1. The van der Waals surface area contributed by atoms with E-state index in [0.29, 0.717) is 19.4 Å². The molecular weight excluding hydrogens is 372 g/mol. The average molecular weight is 407 g/mol. The summed E-state index contributed by atoms with van der Waals surface area (Å²) in [6, 6.07) is 6.52. The first kappa shape index (κ1) is 24.6. The maximum absolute atomic E-state index is 12.9. The summed E-state index contributed by atoms with van der Waals surface area (Å²) in [5.41, 5.74) is 12.2. The van der Waals surface area contributed by atoms with Gasteiger partial charge in [0.25, 0.3) is 0 Å². The Bertz CT molecular complexity index is 653. The smallest absolute Gasteiger partial charge is 0.326 e. The second kappa shape index (κ2) is 12.9. The summed E-state index contributed by atoms with van der Waals surface area (Å²) in [6.45, 7) is 4.15. The maximum Gasteiger partial charge on any atom is 0.326 e. The second-order valence-electron chi connectivity index (χ2n) is 7.35. The van der Waals surface area contributed by atoms with Crippen molar-refractivity contribution < 1.29 is 19.5 Å². The highest BCUT2D eigenvalue weighted by atomic mass is 16.4. The summed E-state index contributed by atoms with van der Waals surface area (Å²) >= 11 is 0. The second-order valence-corrected chi connectivity index (χ2v) is 7.35. The Kier molecular flexibility index (Phi) is 10.9. The molecule has 4 unspecified atom stereocenters. The van der Waals surface area contributed by atoms with E-state index in [2.05, 4.69) is 10.6 Å². The number of carboxylic acids is 1. The van der Waals surface area contributed by atoms with Crippen molar-refractivity contribution in [1.29, 1.82) is 0 Å². The van der Waals surface area contributed by atoms with Crippen molar-refractivity contribution in [3.05, 3.63) is 35.9 Å². The largest absolute Gasteiger partial charge is 0.480 e. The Morgan fingerprint density at radius 1 is 1.07 bits per heavy atom. The highest BCUT2D eigenvalue weighted by Gasteiger charge is 2.30. The van der Waals surface area contributed by atoms with E-state index in [1.807, 2.05) is 37.3 Å². The van der Waals surface area contributed by atoms with E-state index in [9.17, 15) is 19.5 Å². The van der Waals surface area contributed by atoms with Gasteiger partial charge >= 0.3 is 5.97 Å². The van der Waals surface area contributed by atoms with Gasteiger partial charge in [0, 0.05) is 6.42 Å². The molecule has 29 heavy (non-hydrogen) atoms. The number of nitrogens with two attached hydrogens (primary N) is 2. The minimum absolute atomic E-state index is 0.237. The van der Waals surface area contributed by atoms with Crippen molar-refractivity contribution in [2.24, 2.45) is 17.4 Å². The number of hydrogen-bond acceptors (Lipinski definition) is 5. The molecule has 4 atom stereocenters. The van der Waals surface area contributed by atoms with Crippen molar-refractivity contribution in [3.63, 3.8) is 0 Å². The Morgan fingerprint density at radius 2 is 1.72 bits per heavy atom. The van der Waals surface area contributed by atoms with Crippen molar-refractivity contribution in [2.45, 2.75) is 64.1 Å². The van der Waals surface area contributed by atoms with Crippen LogP contribution in [0, 0.1) is 5.92 Å². The Morgan fingerprint density at radius 3 is 2.28 bits per heavy atom. The molecule has 0 aliphatic rings. The summed E-state index contributed by atoms with van der Waals surface area (Å²) in [5.74, 6) is -2.32. The summed E-state index contributed by atoms with van der Waals surface area (Å²) < 4.78 is 0. The van der Waals surface area contributed by atoms with Gasteiger partial charge in [-0.05, 0) is 30.9 Å². The Balaban J connectivity index is 2.90. The minimum Gasteiger partial charge on any atom is -0.480 e. The molecule has 8 heteroatoms. The lowest BCUT2D eigenvalue weighted by atomic mass is 9.98. The van der Waals surface area contributed by atoms with Crippen LogP contribution in [-0.2, 0) is 20.8 Å². The van der Waals surface area contributed by atoms with Gasteiger partial charge < -0.3 is 27.2 Å². The van der Waals surface area contributed by atoms with Gasteiger partial charge in [-0.25, -0.2) is 4.79 Å². The molecule has 0 aliphatic heterocycles. The van der Waals surface area contributed by atoms with Gasteiger partial charge in [-0.3, -0.25) is 9.59 Å². The Hall–Kier alpha value is -2.45. The minimum atomic E-state index is -1.10. The monoisotopic (exact) mass is 406 g/mol. The maximum atomic E-state index is 12.9. The molecular formula is C21H34N4O4. The van der Waals surface area contributed by atoms with Crippen LogP contribution in [0.5, 0.6) is 0 Å². The van der Waals surface area contributed by atoms with Gasteiger partial charge in [-0.1, -0.05) is 57.0 Å². The van der Waals surface area contributed by atoms with Crippen LogP contribution in [0.25, 0.3) is 0 Å². The first-order valence-corrected chi connectivity index (χ1v) is 10.1. The highest BCUT2D eigenvalue weighted by Crippen LogP contribution is 2.10. The van der Waals surface area contributed by atoms with E-state index < -0.39 is 35.9 Å². The van der Waals surface area contributed by atoms with Crippen LogP contribution in [0.2, 0.25) is 0 Å². The molecule has 0 aromatic heterocycles. The Labute approximate surface area is 172 Å². The normalized spacial score (nSPS) is 15.0. The van der Waals surface area contributed by atoms with Crippen molar-refractivity contribution in [3.8, 4) is 0 Å². The number of rotatable bonds is 13. The first-order chi connectivity index (χ1) is 13.8. The van der Waals surface area contributed by atoms with Crippen molar-refractivity contribution in [2.75, 3.05) is 6.54 Å². The standard InChI is InChI=1S/C21H34N4O4/c1-3-14(2)18(21(28)29)25-20(27)17(13-15-9-5-4-6-10-15)24-19(26)16(23)11-7-8-12-22/h4-6,9-10,14,16-18H,3,7-8,11-13,22-23H2,1-2H3,(H,24,26)(H,25,27)(H,28,29). The number of nitrogens with one attached hydrogen (secondary N) is 2. The van der Waals surface area contributed by atoms with Gasteiger partial charge in [-0.2, -0.15) is 0 Å². The third-order valence-electron chi connectivity index (χ3n) is 5.00. The number of carbonyl (C=O) groups is 3. The van der Waals surface area contributed by atoms with E-state index in [-0.39, 0.29) is 12.3 Å². The molecule has 0 bridgehead atoms. The fourth-order valence-electron chi connectivity index (χ4n) is 2.91. The predicted molar refractivity (Wildman–Crippen MR) is 112 cm³/mol. The van der Waals surface area contributed by atoms with E-state index >= 15 is 0 Å². The van der Waals surface area contributed by atoms with Gasteiger partial charge in [0.1, 0.15) is 12.1 Å². The van der Waals surface area contributed by atoms with Gasteiger partial charge in [-0.15, -0.1) is 0 Å². The molecule has 2 amide bonds. The average Bonchev–Trinajstić information content (AvgIpc) is 2.71. The molecule has 1 rings (SSSR count). The lowest BCUT2D eigenvalue weighted by molar-refractivity contribution is -0.143. The van der Waals surface area contributed by atoms with Crippen LogP contribution < -0.4 is 22.1 Å². The first-order valence-electron chi connectivity index (χ1n) is 10.1. The third kappa shape index (κ3) is 8.62. The zero-order valence-corrected chi connectivity index (χ0v) is 17.3. The lowest BCUT2D eigenvalue weighted by Gasteiger charge is -2.25. The van der Waals surface area contributed by atoms with Gasteiger partial charge in [0.05, 0.1) is 6.04 Å². The van der Waals surface area contributed by atoms with E-state index in [1.54, 1.807) is 6.92 Å². The highest BCUT2D eigenvalue weighted by molar-refractivity contribution is 5.92. The number of carboxylic acid groups (broad SMARTS) is 1. The van der Waals surface area contributed by atoms with Crippen molar-refractivity contribution >= 4 is 17.8 Å². The zero-order chi connectivity index (χ0) is 21.8. The predicted octanol–water partition coefficient (Wildman–Crippen LogP) is 0.786. The molecule has 0 aliphatic carbocycles. The molecule has 0 fully saturated rings. The number of amides is 2.